The van der Waals surface area contributed by atoms with Gasteiger partial charge in [-0.25, -0.2) is 0 Å². The molecule has 1 saturated heterocycles. The predicted molar refractivity (Wildman–Crippen MR) is 124 cm³/mol. The standard InChI is InChI=1S/C14H13NO.C11H15N.CH2O/c1-15-13-10-6-5-9-12(13)14(16)11-7-3-2-4-8-11;1-2-6-11(7-3-1)10-12-8-4-5-9-12;1-2/h2-10,15H,1H3;1-3,6-7H,4-5,8-10H2;1H2. The quantitative estimate of drug-likeness (QED) is 0.606. The van der Waals surface area contributed by atoms with E-state index in [1.807, 2.05) is 68.4 Å². The van der Waals surface area contributed by atoms with E-state index in [1.165, 1.54) is 31.5 Å². The molecule has 0 bridgehead atoms. The molecule has 0 radical (unpaired) electrons. The van der Waals surface area contributed by atoms with Crippen LogP contribution in [0.3, 0.4) is 0 Å². The van der Waals surface area contributed by atoms with E-state index in [9.17, 15) is 4.79 Å². The van der Waals surface area contributed by atoms with Crippen molar-refractivity contribution in [2.45, 2.75) is 19.4 Å². The number of rotatable bonds is 5. The first-order chi connectivity index (χ1) is 14.8. The number of anilines is 1. The Morgan fingerprint density at radius 1 is 0.833 bits per heavy atom. The third-order valence-electron chi connectivity index (χ3n) is 4.92. The average Bonchev–Trinajstić information content (AvgIpc) is 3.34. The number of ketones is 1. The molecule has 0 atom stereocenters. The maximum Gasteiger partial charge on any atom is 0.195 e. The number of nitrogens with one attached hydrogen (secondary N) is 1. The molecule has 1 heterocycles. The summed E-state index contributed by atoms with van der Waals surface area (Å²) in [5.74, 6) is 0.0468. The van der Waals surface area contributed by atoms with Crippen LogP contribution in [0.2, 0.25) is 0 Å². The summed E-state index contributed by atoms with van der Waals surface area (Å²) in [6.45, 7) is 5.71. The summed E-state index contributed by atoms with van der Waals surface area (Å²) in [5, 5.41) is 3.03. The van der Waals surface area contributed by atoms with Gasteiger partial charge < -0.3 is 10.1 Å². The fourth-order valence-corrected chi connectivity index (χ4v) is 3.43. The molecule has 1 aliphatic heterocycles. The summed E-state index contributed by atoms with van der Waals surface area (Å²) >= 11 is 0. The van der Waals surface area contributed by atoms with Gasteiger partial charge in [-0.05, 0) is 43.6 Å². The molecule has 0 aliphatic carbocycles. The second kappa shape index (κ2) is 13.1. The molecule has 1 N–H and O–H groups in total. The van der Waals surface area contributed by atoms with E-state index in [-0.39, 0.29) is 5.78 Å². The first-order valence-electron chi connectivity index (χ1n) is 10.2. The van der Waals surface area contributed by atoms with E-state index in [0.717, 1.165) is 12.2 Å². The fourth-order valence-electron chi connectivity index (χ4n) is 3.43. The van der Waals surface area contributed by atoms with Gasteiger partial charge in [-0.2, -0.15) is 0 Å². The van der Waals surface area contributed by atoms with Crippen LogP contribution in [0, 0.1) is 0 Å². The lowest BCUT2D eigenvalue weighted by molar-refractivity contribution is -0.0980. The molecule has 3 aromatic carbocycles. The van der Waals surface area contributed by atoms with Gasteiger partial charge >= 0.3 is 0 Å². The Morgan fingerprint density at radius 2 is 1.37 bits per heavy atom. The first kappa shape index (κ1) is 23.0. The Hall–Kier alpha value is -3.24. The van der Waals surface area contributed by atoms with Crippen molar-refractivity contribution in [3.05, 3.63) is 102 Å². The van der Waals surface area contributed by atoms with Crippen molar-refractivity contribution in [3.63, 3.8) is 0 Å². The normalized spacial score (nSPS) is 12.7. The van der Waals surface area contributed by atoms with Crippen LogP contribution in [0.1, 0.15) is 34.3 Å². The lowest BCUT2D eigenvalue weighted by Gasteiger charge is -2.13. The molecule has 0 aromatic heterocycles. The molecule has 0 saturated carbocycles. The molecule has 4 rings (SSSR count). The van der Waals surface area contributed by atoms with Crippen molar-refractivity contribution in [2.24, 2.45) is 0 Å². The third-order valence-corrected chi connectivity index (χ3v) is 4.92. The molecule has 156 valence electrons. The Kier molecular flexibility index (Phi) is 10.0. The number of likely N-dealkylation sites (tertiary alicyclic amines) is 1. The van der Waals surface area contributed by atoms with Gasteiger partial charge in [0.1, 0.15) is 6.79 Å². The van der Waals surface area contributed by atoms with E-state index >= 15 is 0 Å². The molecular weight excluding hydrogens is 372 g/mol. The summed E-state index contributed by atoms with van der Waals surface area (Å²) in [5.41, 5.74) is 3.72. The summed E-state index contributed by atoms with van der Waals surface area (Å²) in [7, 11) is 1.82. The highest BCUT2D eigenvalue weighted by atomic mass is 16.1. The highest BCUT2D eigenvalue weighted by Gasteiger charge is 2.12. The zero-order chi connectivity index (χ0) is 21.6. The van der Waals surface area contributed by atoms with Gasteiger partial charge in [0, 0.05) is 30.4 Å². The highest BCUT2D eigenvalue weighted by molar-refractivity contribution is 6.12. The molecule has 0 unspecified atom stereocenters. The molecule has 1 fully saturated rings. The first-order valence-corrected chi connectivity index (χ1v) is 10.2. The lowest BCUT2D eigenvalue weighted by atomic mass is 10.0. The number of carbonyl (C=O) groups is 2. The van der Waals surface area contributed by atoms with Crippen LogP contribution >= 0.6 is 0 Å². The predicted octanol–water partition coefficient (Wildman–Crippen LogP) is 5.06. The van der Waals surface area contributed by atoms with Crippen LogP contribution in [0.5, 0.6) is 0 Å². The molecule has 0 spiro atoms. The van der Waals surface area contributed by atoms with Gasteiger partial charge in [0.15, 0.2) is 5.78 Å². The highest BCUT2D eigenvalue weighted by Crippen LogP contribution is 2.18. The molecule has 1 aliphatic rings. The summed E-state index contributed by atoms with van der Waals surface area (Å²) < 4.78 is 0. The van der Waals surface area contributed by atoms with Crippen LogP contribution in [-0.2, 0) is 11.3 Å². The number of hydrogen-bond acceptors (Lipinski definition) is 4. The van der Waals surface area contributed by atoms with E-state index in [0.29, 0.717) is 11.1 Å². The molecule has 4 heteroatoms. The fraction of sp³-hybridized carbons (Fsp3) is 0.231. The van der Waals surface area contributed by atoms with Crippen molar-refractivity contribution in [3.8, 4) is 0 Å². The topological polar surface area (TPSA) is 49.4 Å². The van der Waals surface area contributed by atoms with Gasteiger partial charge in [-0.1, -0.05) is 72.8 Å². The maximum atomic E-state index is 12.2. The van der Waals surface area contributed by atoms with Gasteiger partial charge in [0.2, 0.25) is 0 Å². The van der Waals surface area contributed by atoms with Gasteiger partial charge in [0.05, 0.1) is 0 Å². The van der Waals surface area contributed by atoms with Crippen molar-refractivity contribution in [1.82, 2.24) is 4.90 Å². The van der Waals surface area contributed by atoms with E-state index in [2.05, 4.69) is 40.5 Å². The van der Waals surface area contributed by atoms with Crippen LogP contribution in [0.15, 0.2) is 84.9 Å². The largest absolute Gasteiger partial charge is 0.388 e. The van der Waals surface area contributed by atoms with Gasteiger partial charge in [-0.15, -0.1) is 0 Å². The SMILES string of the molecule is C=O.CNc1ccccc1C(=O)c1ccccc1.c1ccc(CN2CCCC2)cc1. The third kappa shape index (κ3) is 6.98. The Balaban J connectivity index is 0.000000204. The van der Waals surface area contributed by atoms with Crippen LogP contribution in [0.25, 0.3) is 0 Å². The summed E-state index contributed by atoms with van der Waals surface area (Å²) in [6.07, 6.45) is 2.76. The minimum Gasteiger partial charge on any atom is -0.388 e. The molecule has 0 amide bonds. The van der Waals surface area contributed by atoms with Crippen molar-refractivity contribution in [1.29, 1.82) is 0 Å². The number of carbonyl (C=O) groups excluding carboxylic acids is 2. The molecule has 3 aromatic rings. The smallest absolute Gasteiger partial charge is 0.195 e. The summed E-state index contributed by atoms with van der Waals surface area (Å²) in [6, 6.07) is 27.5. The van der Waals surface area contributed by atoms with Gasteiger partial charge in [-0.3, -0.25) is 9.69 Å². The monoisotopic (exact) mass is 402 g/mol. The number of nitrogens with zero attached hydrogens (tertiary/aromatic N) is 1. The van der Waals surface area contributed by atoms with E-state index in [1.54, 1.807) is 0 Å². The van der Waals surface area contributed by atoms with E-state index < -0.39 is 0 Å². The average molecular weight is 403 g/mol. The van der Waals surface area contributed by atoms with Crippen LogP contribution < -0.4 is 5.32 Å². The van der Waals surface area contributed by atoms with Crippen molar-refractivity contribution < 1.29 is 9.59 Å². The summed E-state index contributed by atoms with van der Waals surface area (Å²) in [4.78, 5) is 22.7. The molecule has 4 nitrogen and oxygen atoms in total. The van der Waals surface area contributed by atoms with Crippen LogP contribution in [0.4, 0.5) is 5.69 Å². The minimum absolute atomic E-state index is 0.0468. The zero-order valence-corrected chi connectivity index (χ0v) is 17.6. The van der Waals surface area contributed by atoms with Crippen molar-refractivity contribution >= 4 is 18.3 Å². The van der Waals surface area contributed by atoms with Crippen molar-refractivity contribution in [2.75, 3.05) is 25.5 Å². The van der Waals surface area contributed by atoms with Gasteiger partial charge in [0.25, 0.3) is 0 Å². The molecule has 30 heavy (non-hydrogen) atoms. The molecular formula is C26H30N2O2. The number of benzene rings is 3. The van der Waals surface area contributed by atoms with Crippen LogP contribution in [-0.4, -0.2) is 37.6 Å². The lowest BCUT2D eigenvalue weighted by Crippen LogP contribution is -2.18. The number of para-hydroxylation sites is 1. The second-order valence-corrected chi connectivity index (χ2v) is 6.96. The minimum atomic E-state index is 0.0468. The second-order valence-electron chi connectivity index (χ2n) is 6.96. The maximum absolute atomic E-state index is 12.2. The Labute approximate surface area is 179 Å². The van der Waals surface area contributed by atoms with E-state index in [4.69, 9.17) is 4.79 Å². The zero-order valence-electron chi connectivity index (χ0n) is 17.6. The Morgan fingerprint density at radius 3 is 1.97 bits per heavy atom. The number of hydrogen-bond donors (Lipinski definition) is 1. The Bertz CT molecular complexity index is 876.